The van der Waals surface area contributed by atoms with Gasteiger partial charge in [0.05, 0.1) is 6.04 Å². The van der Waals surface area contributed by atoms with Crippen LogP contribution in [0.4, 0.5) is 0 Å². The zero-order valence-corrected chi connectivity index (χ0v) is 11.6. The maximum atomic E-state index is 4.26. The molecule has 2 atom stereocenters. The van der Waals surface area contributed by atoms with E-state index in [1.807, 2.05) is 0 Å². The van der Waals surface area contributed by atoms with Crippen molar-refractivity contribution in [2.75, 3.05) is 0 Å². The van der Waals surface area contributed by atoms with Crippen LogP contribution in [0.2, 0.25) is 0 Å². The lowest BCUT2D eigenvalue weighted by molar-refractivity contribution is 0.102. The van der Waals surface area contributed by atoms with Crippen molar-refractivity contribution in [1.82, 2.24) is 20.2 Å². The zero-order chi connectivity index (χ0) is 12.8. The van der Waals surface area contributed by atoms with Crippen LogP contribution in [0.3, 0.4) is 0 Å². The van der Waals surface area contributed by atoms with Crippen LogP contribution in [0.5, 0.6) is 0 Å². The molecule has 0 saturated carbocycles. The number of rotatable bonds is 0. The van der Waals surface area contributed by atoms with Crippen LogP contribution in [0.15, 0.2) is 11.6 Å². The quantitative estimate of drug-likeness (QED) is 0.661. The molecule has 0 amide bonds. The van der Waals surface area contributed by atoms with E-state index in [-0.39, 0.29) is 0 Å². The number of hydrogen-bond donors (Lipinski definition) is 0. The summed E-state index contributed by atoms with van der Waals surface area (Å²) in [6, 6.07) is 0.453. The fraction of sp³-hybridized carbons (Fsp3) is 0.786. The van der Waals surface area contributed by atoms with Crippen LogP contribution in [-0.4, -0.2) is 20.2 Å². The van der Waals surface area contributed by atoms with Gasteiger partial charge in [0.1, 0.15) is 0 Å². The van der Waals surface area contributed by atoms with E-state index in [1.54, 1.807) is 0 Å². The smallest absolute Gasteiger partial charge is 0.151 e. The molecule has 1 aromatic rings. The van der Waals surface area contributed by atoms with E-state index in [2.05, 4.69) is 47.1 Å². The van der Waals surface area contributed by atoms with Crippen molar-refractivity contribution in [2.45, 2.75) is 58.9 Å². The lowest BCUT2D eigenvalue weighted by atomic mass is 9.66. The molecule has 0 saturated heterocycles. The fourth-order valence-electron chi connectivity index (χ4n) is 3.64. The highest BCUT2D eigenvalue weighted by Crippen LogP contribution is 2.47. The molecule has 1 aromatic heterocycles. The number of allylic oxidation sites excluding steroid dienone is 2. The van der Waals surface area contributed by atoms with Gasteiger partial charge in [0.2, 0.25) is 0 Å². The van der Waals surface area contributed by atoms with E-state index in [4.69, 9.17) is 0 Å². The van der Waals surface area contributed by atoms with Gasteiger partial charge in [0.15, 0.2) is 5.82 Å². The highest BCUT2D eigenvalue weighted by Gasteiger charge is 2.40. The summed E-state index contributed by atoms with van der Waals surface area (Å²) in [4.78, 5) is 0. The predicted molar refractivity (Wildman–Crippen MR) is 70.1 cm³/mol. The highest BCUT2D eigenvalue weighted by molar-refractivity contribution is 5.10. The molecule has 98 valence electrons. The van der Waals surface area contributed by atoms with Crippen molar-refractivity contribution in [2.24, 2.45) is 11.3 Å². The molecule has 2 aliphatic rings. The van der Waals surface area contributed by atoms with Gasteiger partial charge in [-0.15, -0.1) is 5.10 Å². The summed E-state index contributed by atoms with van der Waals surface area (Å²) in [5.41, 5.74) is 1.91. The molecule has 0 unspecified atom stereocenters. The van der Waals surface area contributed by atoms with Gasteiger partial charge in [-0.25, -0.2) is 4.68 Å². The SMILES string of the molecule is CC1=CC[C@H]2[C@H](C1)C(C)(C)CCCc1nnnn12. The van der Waals surface area contributed by atoms with Gasteiger partial charge in [-0.05, 0) is 54.4 Å². The van der Waals surface area contributed by atoms with E-state index in [0.29, 0.717) is 17.4 Å². The van der Waals surface area contributed by atoms with Crippen LogP contribution in [-0.2, 0) is 6.42 Å². The van der Waals surface area contributed by atoms with Crippen LogP contribution < -0.4 is 0 Å². The van der Waals surface area contributed by atoms with Gasteiger partial charge in [-0.1, -0.05) is 25.5 Å². The minimum atomic E-state index is 0.379. The lowest BCUT2D eigenvalue weighted by Crippen LogP contribution is -2.37. The Morgan fingerprint density at radius 3 is 3.06 bits per heavy atom. The first-order valence-corrected chi connectivity index (χ1v) is 7.00. The minimum absolute atomic E-state index is 0.379. The Balaban J connectivity index is 2.04. The van der Waals surface area contributed by atoms with E-state index < -0.39 is 0 Å². The van der Waals surface area contributed by atoms with E-state index in [0.717, 1.165) is 18.7 Å². The number of hydrogen-bond acceptors (Lipinski definition) is 3. The Labute approximate surface area is 108 Å². The topological polar surface area (TPSA) is 43.6 Å². The molecular weight excluding hydrogens is 224 g/mol. The summed E-state index contributed by atoms with van der Waals surface area (Å²) in [5.74, 6) is 1.73. The number of tetrazole rings is 1. The van der Waals surface area contributed by atoms with Crippen LogP contribution >= 0.6 is 0 Å². The second kappa shape index (κ2) is 4.18. The third kappa shape index (κ3) is 1.88. The maximum absolute atomic E-state index is 4.26. The Hall–Kier alpha value is -1.19. The number of aromatic nitrogens is 4. The second-order valence-corrected chi connectivity index (χ2v) is 6.55. The van der Waals surface area contributed by atoms with Gasteiger partial charge in [0, 0.05) is 6.42 Å². The number of fused-ring (bicyclic) bond motifs is 3. The normalized spacial score (nSPS) is 30.7. The first kappa shape index (κ1) is 11.9. The lowest BCUT2D eigenvalue weighted by Gasteiger charge is -2.43. The van der Waals surface area contributed by atoms with Gasteiger partial charge in [0.25, 0.3) is 0 Å². The molecule has 0 bridgehead atoms. The maximum Gasteiger partial charge on any atom is 0.151 e. The zero-order valence-electron chi connectivity index (χ0n) is 11.6. The summed E-state index contributed by atoms with van der Waals surface area (Å²) < 4.78 is 2.11. The molecule has 0 N–H and O–H groups in total. The fourth-order valence-corrected chi connectivity index (χ4v) is 3.64. The van der Waals surface area contributed by atoms with Gasteiger partial charge in [-0.2, -0.15) is 0 Å². The van der Waals surface area contributed by atoms with E-state index >= 15 is 0 Å². The molecule has 1 aliphatic carbocycles. The molecule has 18 heavy (non-hydrogen) atoms. The average Bonchev–Trinajstić information content (AvgIpc) is 2.75. The number of aryl methyl sites for hydroxylation is 1. The third-order valence-electron chi connectivity index (χ3n) is 4.81. The van der Waals surface area contributed by atoms with Crippen LogP contribution in [0, 0.1) is 11.3 Å². The monoisotopic (exact) mass is 246 g/mol. The molecule has 0 spiro atoms. The third-order valence-corrected chi connectivity index (χ3v) is 4.81. The van der Waals surface area contributed by atoms with Crippen molar-refractivity contribution >= 4 is 0 Å². The summed E-state index contributed by atoms with van der Waals surface area (Å²) in [7, 11) is 0. The Morgan fingerprint density at radius 2 is 2.22 bits per heavy atom. The van der Waals surface area contributed by atoms with Crippen LogP contribution in [0.1, 0.15) is 58.3 Å². The standard InChI is InChI=1S/C14H22N4/c1-10-6-7-12-11(9-10)14(2,3)8-4-5-13-15-16-17-18(12)13/h6,11-12H,4-5,7-9H2,1-3H3/t11-,12-/m0/s1. The molecule has 4 nitrogen and oxygen atoms in total. The Kier molecular flexibility index (Phi) is 2.76. The van der Waals surface area contributed by atoms with Crippen molar-refractivity contribution < 1.29 is 0 Å². The largest absolute Gasteiger partial charge is 0.226 e. The van der Waals surface area contributed by atoms with Crippen molar-refractivity contribution in [3.8, 4) is 0 Å². The van der Waals surface area contributed by atoms with Crippen molar-refractivity contribution in [3.63, 3.8) is 0 Å². The molecule has 2 heterocycles. The Morgan fingerprint density at radius 1 is 1.39 bits per heavy atom. The van der Waals surface area contributed by atoms with E-state index in [1.165, 1.54) is 24.8 Å². The first-order chi connectivity index (χ1) is 8.58. The second-order valence-electron chi connectivity index (χ2n) is 6.55. The molecule has 4 heteroatoms. The van der Waals surface area contributed by atoms with Gasteiger partial charge >= 0.3 is 0 Å². The molecule has 0 fully saturated rings. The molecule has 0 aromatic carbocycles. The van der Waals surface area contributed by atoms with E-state index in [9.17, 15) is 0 Å². The minimum Gasteiger partial charge on any atom is -0.226 e. The van der Waals surface area contributed by atoms with Gasteiger partial charge in [-0.3, -0.25) is 0 Å². The highest BCUT2D eigenvalue weighted by atomic mass is 15.5. The molecule has 3 rings (SSSR count). The van der Waals surface area contributed by atoms with Crippen molar-refractivity contribution in [3.05, 3.63) is 17.5 Å². The number of nitrogens with zero attached hydrogens (tertiary/aromatic N) is 4. The molecule has 0 radical (unpaired) electrons. The van der Waals surface area contributed by atoms with Crippen LogP contribution in [0.25, 0.3) is 0 Å². The first-order valence-electron chi connectivity index (χ1n) is 7.00. The average molecular weight is 246 g/mol. The summed E-state index contributed by atoms with van der Waals surface area (Å²) >= 11 is 0. The summed E-state index contributed by atoms with van der Waals surface area (Å²) in [6.45, 7) is 7.09. The molecular formula is C14H22N4. The van der Waals surface area contributed by atoms with Gasteiger partial charge < -0.3 is 0 Å². The molecule has 1 aliphatic heterocycles. The Bertz CT molecular complexity index is 472. The summed E-state index contributed by atoms with van der Waals surface area (Å²) in [6.07, 6.45) is 8.12. The predicted octanol–water partition coefficient (Wildman–Crippen LogP) is 2.93. The van der Waals surface area contributed by atoms with Crippen molar-refractivity contribution in [1.29, 1.82) is 0 Å². The summed E-state index contributed by atoms with van der Waals surface area (Å²) in [5, 5.41) is 12.3.